The molecule has 0 saturated heterocycles. The van der Waals surface area contributed by atoms with Crippen LogP contribution in [0.2, 0.25) is 18.1 Å². The van der Waals surface area contributed by atoms with Crippen LogP contribution in [0.3, 0.4) is 0 Å². The van der Waals surface area contributed by atoms with Gasteiger partial charge < -0.3 is 14.8 Å². The molecule has 0 aromatic heterocycles. The predicted molar refractivity (Wildman–Crippen MR) is 102 cm³/mol. The Balaban J connectivity index is 3.11. The average molecular weight is 366 g/mol. The third-order valence-electron chi connectivity index (χ3n) is 5.20. The van der Waals surface area contributed by atoms with E-state index in [2.05, 4.69) is 26.1 Å². The highest BCUT2D eigenvalue weighted by Crippen LogP contribution is 2.31. The molecule has 0 saturated carbocycles. The van der Waals surface area contributed by atoms with Gasteiger partial charge in [-0.3, -0.25) is 4.79 Å². The van der Waals surface area contributed by atoms with Gasteiger partial charge in [0.25, 0.3) is 5.91 Å². The van der Waals surface area contributed by atoms with Crippen LogP contribution in [0, 0.1) is 0 Å². The van der Waals surface area contributed by atoms with Crippen molar-refractivity contribution >= 4 is 20.2 Å². The molecule has 25 heavy (non-hydrogen) atoms. The van der Waals surface area contributed by atoms with Gasteiger partial charge in [0.05, 0.1) is 6.04 Å². The SMILES string of the molecule is CC[C@H](NC(=O)c1ccccc1)[C@@](C)(O[Si](CC)(CC)CC)C(=O)O. The Morgan fingerprint density at radius 3 is 2.04 bits per heavy atom. The van der Waals surface area contributed by atoms with Crippen LogP contribution in [-0.4, -0.2) is 36.9 Å². The van der Waals surface area contributed by atoms with Crippen molar-refractivity contribution in [1.29, 1.82) is 0 Å². The summed E-state index contributed by atoms with van der Waals surface area (Å²) in [5.41, 5.74) is -0.924. The summed E-state index contributed by atoms with van der Waals surface area (Å²) in [5, 5.41) is 12.8. The lowest BCUT2D eigenvalue weighted by molar-refractivity contribution is -0.157. The normalized spacial score (nSPS) is 15.2. The number of carboxylic acids is 1. The molecule has 0 unspecified atom stereocenters. The Bertz CT molecular complexity index is 566. The Morgan fingerprint density at radius 2 is 1.64 bits per heavy atom. The summed E-state index contributed by atoms with van der Waals surface area (Å²) in [4.78, 5) is 24.6. The van der Waals surface area contributed by atoms with Gasteiger partial charge in [-0.15, -0.1) is 0 Å². The molecule has 2 atom stereocenters. The molecule has 2 N–H and O–H groups in total. The van der Waals surface area contributed by atoms with Crippen LogP contribution in [-0.2, 0) is 9.22 Å². The Kier molecular flexibility index (Phi) is 7.83. The lowest BCUT2D eigenvalue weighted by Gasteiger charge is -2.42. The third-order valence-corrected chi connectivity index (χ3v) is 9.92. The second-order valence-electron chi connectivity index (χ2n) is 6.56. The maximum Gasteiger partial charge on any atom is 0.336 e. The van der Waals surface area contributed by atoms with E-state index in [4.69, 9.17) is 4.43 Å². The molecule has 1 rings (SSSR count). The van der Waals surface area contributed by atoms with E-state index >= 15 is 0 Å². The minimum Gasteiger partial charge on any atom is -0.479 e. The summed E-state index contributed by atoms with van der Waals surface area (Å²) < 4.78 is 6.35. The monoisotopic (exact) mass is 365 g/mol. The van der Waals surface area contributed by atoms with Crippen molar-refractivity contribution in [1.82, 2.24) is 5.32 Å². The molecule has 0 aliphatic heterocycles. The van der Waals surface area contributed by atoms with Crippen molar-refractivity contribution in [3.05, 3.63) is 35.9 Å². The molecular weight excluding hydrogens is 334 g/mol. The number of carbonyl (C=O) groups excluding carboxylic acids is 1. The molecule has 0 bridgehead atoms. The molecule has 0 heterocycles. The first-order valence-electron chi connectivity index (χ1n) is 9.08. The number of benzene rings is 1. The lowest BCUT2D eigenvalue weighted by atomic mass is 9.94. The van der Waals surface area contributed by atoms with E-state index in [1.807, 2.05) is 13.0 Å². The van der Waals surface area contributed by atoms with Crippen LogP contribution in [0.25, 0.3) is 0 Å². The van der Waals surface area contributed by atoms with Crippen molar-refractivity contribution in [3.63, 3.8) is 0 Å². The number of carbonyl (C=O) groups is 2. The number of hydrogen-bond donors (Lipinski definition) is 2. The second-order valence-corrected chi connectivity index (χ2v) is 11.2. The predicted octanol–water partition coefficient (Wildman–Crippen LogP) is 4.06. The fourth-order valence-electron chi connectivity index (χ4n) is 3.14. The first-order chi connectivity index (χ1) is 11.8. The molecule has 1 aromatic rings. The molecule has 0 spiro atoms. The highest BCUT2D eigenvalue weighted by Gasteiger charge is 2.48. The molecule has 0 radical (unpaired) electrons. The molecule has 0 fully saturated rings. The van der Waals surface area contributed by atoms with Gasteiger partial charge in [0, 0.05) is 5.56 Å². The molecule has 0 aliphatic rings. The van der Waals surface area contributed by atoms with Crippen molar-refractivity contribution in [2.24, 2.45) is 0 Å². The number of rotatable bonds is 10. The van der Waals surface area contributed by atoms with Gasteiger partial charge in [-0.05, 0) is 43.6 Å². The van der Waals surface area contributed by atoms with Gasteiger partial charge >= 0.3 is 5.97 Å². The highest BCUT2D eigenvalue weighted by atomic mass is 28.4. The van der Waals surface area contributed by atoms with E-state index in [-0.39, 0.29) is 5.91 Å². The number of nitrogens with one attached hydrogen (secondary N) is 1. The minimum atomic E-state index is -2.16. The highest BCUT2D eigenvalue weighted by molar-refractivity contribution is 6.73. The summed E-state index contributed by atoms with van der Waals surface area (Å²) in [7, 11) is -2.16. The summed E-state index contributed by atoms with van der Waals surface area (Å²) in [5.74, 6) is -1.31. The summed E-state index contributed by atoms with van der Waals surface area (Å²) in [6.45, 7) is 9.64. The van der Waals surface area contributed by atoms with Crippen molar-refractivity contribution < 1.29 is 19.1 Å². The molecule has 1 aromatic carbocycles. The largest absolute Gasteiger partial charge is 0.479 e. The van der Waals surface area contributed by atoms with Gasteiger partial charge in [0.2, 0.25) is 0 Å². The molecule has 140 valence electrons. The topological polar surface area (TPSA) is 75.6 Å². The van der Waals surface area contributed by atoms with E-state index in [1.54, 1.807) is 31.2 Å². The van der Waals surface area contributed by atoms with Crippen LogP contribution in [0.4, 0.5) is 0 Å². The summed E-state index contributed by atoms with van der Waals surface area (Å²) in [6, 6.07) is 10.8. The van der Waals surface area contributed by atoms with Crippen LogP contribution in [0.15, 0.2) is 30.3 Å². The van der Waals surface area contributed by atoms with Crippen LogP contribution < -0.4 is 5.32 Å². The van der Waals surface area contributed by atoms with Gasteiger partial charge in [0.1, 0.15) is 0 Å². The fraction of sp³-hybridized carbons (Fsp3) is 0.579. The number of aliphatic carboxylic acids is 1. The smallest absolute Gasteiger partial charge is 0.336 e. The quantitative estimate of drug-likeness (QED) is 0.613. The molecular formula is C19H31NO4Si. The van der Waals surface area contributed by atoms with Crippen molar-refractivity contribution in [2.75, 3.05) is 0 Å². The van der Waals surface area contributed by atoms with E-state index < -0.39 is 25.9 Å². The molecule has 0 aliphatic carbocycles. The number of amides is 1. The Hall–Kier alpha value is -1.66. The average Bonchev–Trinajstić information content (AvgIpc) is 2.64. The van der Waals surface area contributed by atoms with Gasteiger partial charge in [-0.25, -0.2) is 4.79 Å². The Morgan fingerprint density at radius 1 is 1.12 bits per heavy atom. The maximum atomic E-state index is 12.5. The first kappa shape index (κ1) is 21.4. The molecule has 1 amide bonds. The molecule has 6 heteroatoms. The van der Waals surface area contributed by atoms with Crippen LogP contribution in [0.1, 0.15) is 51.4 Å². The van der Waals surface area contributed by atoms with Crippen LogP contribution in [0.5, 0.6) is 0 Å². The fourth-order valence-corrected chi connectivity index (χ4v) is 6.20. The number of hydrogen-bond acceptors (Lipinski definition) is 3. The van der Waals surface area contributed by atoms with Gasteiger partial charge in [0.15, 0.2) is 13.9 Å². The first-order valence-corrected chi connectivity index (χ1v) is 11.6. The zero-order valence-electron chi connectivity index (χ0n) is 16.0. The van der Waals surface area contributed by atoms with Crippen molar-refractivity contribution in [3.8, 4) is 0 Å². The summed E-state index contributed by atoms with van der Waals surface area (Å²) >= 11 is 0. The maximum absolute atomic E-state index is 12.5. The zero-order valence-corrected chi connectivity index (χ0v) is 17.0. The third kappa shape index (κ3) is 4.92. The zero-order chi connectivity index (χ0) is 19.1. The minimum absolute atomic E-state index is 0.278. The standard InChI is InChI=1S/C19H31NO4Si/c1-6-16(20-17(21)15-13-11-10-12-14-15)19(5,18(22)23)24-25(7-2,8-3)9-4/h10-14,16H,6-9H2,1-5H3,(H,20,21)(H,22,23)/t16-,19+/m0/s1. The van der Waals surface area contributed by atoms with E-state index in [0.29, 0.717) is 12.0 Å². The molecule has 5 nitrogen and oxygen atoms in total. The number of carboxylic acid groups (broad SMARTS) is 1. The summed E-state index contributed by atoms with van der Waals surface area (Å²) in [6.07, 6.45) is 0.475. The Labute approximate surface area is 151 Å². The lowest BCUT2D eigenvalue weighted by Crippen LogP contribution is -2.61. The van der Waals surface area contributed by atoms with Crippen molar-refractivity contribution in [2.45, 2.75) is 70.8 Å². The van der Waals surface area contributed by atoms with Gasteiger partial charge in [-0.2, -0.15) is 0 Å². The van der Waals surface area contributed by atoms with E-state index in [9.17, 15) is 14.7 Å². The van der Waals surface area contributed by atoms with Gasteiger partial charge in [-0.1, -0.05) is 45.9 Å². The van der Waals surface area contributed by atoms with Crippen LogP contribution >= 0.6 is 0 Å². The van der Waals surface area contributed by atoms with E-state index in [0.717, 1.165) is 18.1 Å². The second kappa shape index (κ2) is 9.15. The van der Waals surface area contributed by atoms with E-state index in [1.165, 1.54) is 0 Å².